The SMILES string of the molecule is COC1CCN(S(=O)(=O)CC2CCCN2)CC1. The van der Waals surface area contributed by atoms with Crippen molar-refractivity contribution >= 4 is 10.0 Å². The van der Waals surface area contributed by atoms with Crippen molar-refractivity contribution in [3.05, 3.63) is 0 Å². The van der Waals surface area contributed by atoms with Gasteiger partial charge in [-0.1, -0.05) is 0 Å². The van der Waals surface area contributed by atoms with Crippen LogP contribution in [0.25, 0.3) is 0 Å². The fourth-order valence-corrected chi connectivity index (χ4v) is 4.38. The van der Waals surface area contributed by atoms with E-state index in [4.69, 9.17) is 4.74 Å². The van der Waals surface area contributed by atoms with E-state index < -0.39 is 10.0 Å². The number of methoxy groups -OCH3 is 1. The molecule has 0 bridgehead atoms. The molecule has 0 aromatic heterocycles. The highest BCUT2D eigenvalue weighted by Crippen LogP contribution is 2.18. The molecule has 2 aliphatic heterocycles. The Kier molecular flexibility index (Phi) is 4.41. The van der Waals surface area contributed by atoms with Crippen LogP contribution in [0.15, 0.2) is 0 Å². The Balaban J connectivity index is 1.87. The van der Waals surface area contributed by atoms with Gasteiger partial charge in [0.2, 0.25) is 10.0 Å². The van der Waals surface area contributed by atoms with E-state index in [0.29, 0.717) is 13.1 Å². The number of piperidine rings is 1. The topological polar surface area (TPSA) is 58.6 Å². The van der Waals surface area contributed by atoms with E-state index in [-0.39, 0.29) is 17.9 Å². The van der Waals surface area contributed by atoms with Crippen molar-refractivity contribution in [3.8, 4) is 0 Å². The van der Waals surface area contributed by atoms with Crippen LogP contribution < -0.4 is 5.32 Å². The lowest BCUT2D eigenvalue weighted by Crippen LogP contribution is -2.44. The molecule has 0 spiro atoms. The molecule has 0 aromatic carbocycles. The Labute approximate surface area is 104 Å². The molecule has 2 rings (SSSR count). The number of hydrogen-bond donors (Lipinski definition) is 1. The normalized spacial score (nSPS) is 28.6. The number of hydrogen-bond acceptors (Lipinski definition) is 4. The van der Waals surface area contributed by atoms with Gasteiger partial charge in [0.05, 0.1) is 11.9 Å². The summed E-state index contributed by atoms with van der Waals surface area (Å²) in [7, 11) is -1.39. The van der Waals surface area contributed by atoms with E-state index in [9.17, 15) is 8.42 Å². The molecule has 0 aliphatic carbocycles. The van der Waals surface area contributed by atoms with Crippen LogP contribution in [0.3, 0.4) is 0 Å². The summed E-state index contributed by atoms with van der Waals surface area (Å²) in [6.07, 6.45) is 3.92. The summed E-state index contributed by atoms with van der Waals surface area (Å²) < 4.78 is 31.2. The lowest BCUT2D eigenvalue weighted by molar-refractivity contribution is 0.0604. The Bertz CT molecular complexity index is 331. The summed E-state index contributed by atoms with van der Waals surface area (Å²) in [5.74, 6) is 0.255. The molecule has 0 aromatic rings. The summed E-state index contributed by atoms with van der Waals surface area (Å²) in [4.78, 5) is 0. The highest BCUT2D eigenvalue weighted by Gasteiger charge is 2.30. The Morgan fingerprint density at radius 3 is 2.53 bits per heavy atom. The Morgan fingerprint density at radius 1 is 1.29 bits per heavy atom. The second kappa shape index (κ2) is 5.65. The molecule has 6 heteroatoms. The number of rotatable bonds is 4. The Hall–Kier alpha value is -0.170. The third-order valence-corrected chi connectivity index (χ3v) is 5.68. The van der Waals surface area contributed by atoms with Gasteiger partial charge in [0.15, 0.2) is 0 Å². The summed E-state index contributed by atoms with van der Waals surface area (Å²) in [5, 5.41) is 3.24. The minimum atomic E-state index is -3.08. The quantitative estimate of drug-likeness (QED) is 0.785. The molecular weight excluding hydrogens is 240 g/mol. The average Bonchev–Trinajstić information content (AvgIpc) is 2.81. The van der Waals surface area contributed by atoms with Crippen molar-refractivity contribution in [1.82, 2.24) is 9.62 Å². The molecule has 2 fully saturated rings. The largest absolute Gasteiger partial charge is 0.381 e. The van der Waals surface area contributed by atoms with Crippen LogP contribution in [0, 0.1) is 0 Å². The summed E-state index contributed by atoms with van der Waals surface area (Å²) in [6, 6.07) is 0.153. The first kappa shape index (κ1) is 13.3. The zero-order valence-corrected chi connectivity index (χ0v) is 11.2. The molecule has 1 atom stereocenters. The van der Waals surface area contributed by atoms with Gasteiger partial charge < -0.3 is 10.1 Å². The van der Waals surface area contributed by atoms with Crippen LogP contribution in [-0.2, 0) is 14.8 Å². The van der Waals surface area contributed by atoms with Crippen LogP contribution >= 0.6 is 0 Å². The van der Waals surface area contributed by atoms with Gasteiger partial charge in [-0.2, -0.15) is 0 Å². The number of nitrogens with one attached hydrogen (secondary N) is 1. The van der Waals surface area contributed by atoms with Gasteiger partial charge in [0.25, 0.3) is 0 Å². The van der Waals surface area contributed by atoms with Crippen LogP contribution in [0.1, 0.15) is 25.7 Å². The van der Waals surface area contributed by atoms with E-state index >= 15 is 0 Å². The molecule has 0 radical (unpaired) electrons. The van der Waals surface area contributed by atoms with Crippen molar-refractivity contribution in [2.24, 2.45) is 0 Å². The van der Waals surface area contributed by atoms with Gasteiger partial charge >= 0.3 is 0 Å². The molecule has 1 unspecified atom stereocenters. The third kappa shape index (κ3) is 3.40. The van der Waals surface area contributed by atoms with Crippen molar-refractivity contribution in [3.63, 3.8) is 0 Å². The molecular formula is C11H22N2O3S. The Morgan fingerprint density at radius 2 is 2.00 bits per heavy atom. The van der Waals surface area contributed by atoms with Crippen molar-refractivity contribution in [2.45, 2.75) is 37.8 Å². The van der Waals surface area contributed by atoms with Crippen molar-refractivity contribution < 1.29 is 13.2 Å². The molecule has 2 saturated heterocycles. The van der Waals surface area contributed by atoms with Crippen LogP contribution in [0.5, 0.6) is 0 Å². The molecule has 5 nitrogen and oxygen atoms in total. The summed E-state index contributed by atoms with van der Waals surface area (Å²) >= 11 is 0. The van der Waals surface area contributed by atoms with E-state index in [0.717, 1.165) is 32.2 Å². The van der Waals surface area contributed by atoms with Gasteiger partial charge in [-0.15, -0.1) is 0 Å². The minimum Gasteiger partial charge on any atom is -0.381 e. The average molecular weight is 262 g/mol. The third-order valence-electron chi connectivity index (χ3n) is 3.70. The van der Waals surface area contributed by atoms with Gasteiger partial charge in [0.1, 0.15) is 0 Å². The fourth-order valence-electron chi connectivity index (χ4n) is 2.60. The smallest absolute Gasteiger partial charge is 0.215 e. The standard InChI is InChI=1S/C11H22N2O3S/c1-16-11-4-7-13(8-5-11)17(14,15)9-10-3-2-6-12-10/h10-12H,2-9H2,1H3. The highest BCUT2D eigenvalue weighted by molar-refractivity contribution is 7.89. The van der Waals surface area contributed by atoms with Gasteiger partial charge in [-0.05, 0) is 32.2 Å². The summed E-state index contributed by atoms with van der Waals surface area (Å²) in [6.45, 7) is 2.16. The lowest BCUT2D eigenvalue weighted by Gasteiger charge is -2.31. The first-order valence-electron chi connectivity index (χ1n) is 6.36. The maximum Gasteiger partial charge on any atom is 0.215 e. The van der Waals surface area contributed by atoms with E-state index in [1.54, 1.807) is 11.4 Å². The lowest BCUT2D eigenvalue weighted by atomic mass is 10.1. The predicted octanol–water partition coefficient (Wildman–Crippen LogP) is 0.179. The first-order valence-corrected chi connectivity index (χ1v) is 7.97. The molecule has 2 heterocycles. The van der Waals surface area contributed by atoms with Crippen molar-refractivity contribution in [2.75, 3.05) is 32.5 Å². The molecule has 100 valence electrons. The van der Waals surface area contributed by atoms with Crippen LogP contribution in [0.4, 0.5) is 0 Å². The molecule has 1 N–H and O–H groups in total. The molecule has 2 aliphatic rings. The maximum atomic E-state index is 12.2. The van der Waals surface area contributed by atoms with E-state index in [1.807, 2.05) is 0 Å². The molecule has 0 saturated carbocycles. The highest BCUT2D eigenvalue weighted by atomic mass is 32.2. The number of ether oxygens (including phenoxy) is 1. The predicted molar refractivity (Wildman–Crippen MR) is 66.4 cm³/mol. The van der Waals surface area contributed by atoms with E-state index in [1.165, 1.54) is 0 Å². The number of sulfonamides is 1. The first-order chi connectivity index (χ1) is 8.12. The molecule has 17 heavy (non-hydrogen) atoms. The number of nitrogens with zero attached hydrogens (tertiary/aromatic N) is 1. The minimum absolute atomic E-state index is 0.153. The van der Waals surface area contributed by atoms with Crippen LogP contribution in [0.2, 0.25) is 0 Å². The zero-order valence-electron chi connectivity index (χ0n) is 10.4. The molecule has 0 amide bonds. The van der Waals surface area contributed by atoms with Gasteiger partial charge in [0, 0.05) is 26.2 Å². The van der Waals surface area contributed by atoms with Gasteiger partial charge in [-0.3, -0.25) is 0 Å². The van der Waals surface area contributed by atoms with Crippen molar-refractivity contribution in [1.29, 1.82) is 0 Å². The van der Waals surface area contributed by atoms with Crippen LogP contribution in [-0.4, -0.2) is 57.4 Å². The van der Waals surface area contributed by atoms with Gasteiger partial charge in [-0.25, -0.2) is 12.7 Å². The van der Waals surface area contributed by atoms with E-state index in [2.05, 4.69) is 5.32 Å². The maximum absolute atomic E-state index is 12.2. The fraction of sp³-hybridized carbons (Fsp3) is 1.00. The second-order valence-electron chi connectivity index (χ2n) is 4.91. The summed E-state index contributed by atoms with van der Waals surface area (Å²) in [5.41, 5.74) is 0. The monoisotopic (exact) mass is 262 g/mol. The second-order valence-corrected chi connectivity index (χ2v) is 6.92. The zero-order chi connectivity index (χ0) is 12.3.